The summed E-state index contributed by atoms with van der Waals surface area (Å²) in [6.07, 6.45) is 0. The van der Waals surface area contributed by atoms with Crippen molar-refractivity contribution in [3.63, 3.8) is 0 Å². The van der Waals surface area contributed by atoms with Gasteiger partial charge in [-0.1, -0.05) is 0 Å². The Bertz CT molecular complexity index is 8.00. The molecule has 0 fully saturated rings. The molecule has 0 aliphatic heterocycles. The van der Waals surface area contributed by atoms with Gasteiger partial charge in [0, 0.05) is 0 Å². The Kier molecular flexibility index (Phi) is 46.8. The van der Waals surface area contributed by atoms with E-state index in [4.69, 9.17) is 8.58 Å². The van der Waals surface area contributed by atoms with E-state index in [-0.39, 0.29) is 0 Å². The minimum atomic E-state index is 0.422. The van der Waals surface area contributed by atoms with Crippen LogP contribution in [0.1, 0.15) is 0 Å². The first-order valence-electron chi connectivity index (χ1n) is 0.667. The molecule has 0 bridgehead atoms. The molecule has 0 saturated carbocycles. The summed E-state index contributed by atoms with van der Waals surface area (Å²) in [6, 6.07) is 0. The quantitative estimate of drug-likeness (QED) is 0.561. The van der Waals surface area contributed by atoms with Crippen LogP contribution in [-0.2, 0) is 16.6 Å². The SMILES string of the molecule is [Cl][InH2].[S]=[Zn]. The third-order valence-corrected chi connectivity index (χ3v) is 0. The van der Waals surface area contributed by atoms with Gasteiger partial charge in [-0.15, -0.1) is 0 Å². The van der Waals surface area contributed by atoms with E-state index in [1.165, 1.54) is 0 Å². The van der Waals surface area contributed by atoms with Crippen molar-refractivity contribution in [3.8, 4) is 0 Å². The van der Waals surface area contributed by atoms with Crippen LogP contribution in [-0.4, -0.2) is 23.2 Å². The van der Waals surface area contributed by atoms with Crippen molar-refractivity contribution < 1.29 is 16.6 Å². The Morgan fingerprint density at radius 3 is 1.50 bits per heavy atom. The molecule has 0 aliphatic rings. The summed E-state index contributed by atoms with van der Waals surface area (Å²) in [7, 11) is 9.06. The van der Waals surface area contributed by atoms with Gasteiger partial charge in [0.05, 0.1) is 0 Å². The predicted octanol–water partition coefficient (Wildman–Crippen LogP) is 0.419. The Balaban J connectivity index is 0. The Hall–Kier alpha value is 2.00. The van der Waals surface area contributed by atoms with Crippen molar-refractivity contribution in [1.82, 2.24) is 0 Å². The molecule has 0 heterocycles. The van der Waals surface area contributed by atoms with Gasteiger partial charge in [-0.05, 0) is 0 Å². The van der Waals surface area contributed by atoms with Crippen LogP contribution in [0.5, 0.6) is 0 Å². The third-order valence-electron chi connectivity index (χ3n) is 0. The van der Waals surface area contributed by atoms with Crippen molar-refractivity contribution in [1.29, 1.82) is 0 Å². The van der Waals surface area contributed by atoms with E-state index in [0.29, 0.717) is 23.2 Å². The first-order chi connectivity index (χ1) is 2.00. The van der Waals surface area contributed by atoms with Gasteiger partial charge >= 0.3 is 58.4 Å². The fourth-order valence-corrected chi connectivity index (χ4v) is 0. The first-order valence-corrected chi connectivity index (χ1v) is 12.1. The molecule has 0 amide bonds. The molecule has 20 valence electrons. The van der Waals surface area contributed by atoms with E-state index in [1.54, 1.807) is 0 Å². The summed E-state index contributed by atoms with van der Waals surface area (Å²) in [5.41, 5.74) is 0. The maximum absolute atomic E-state index is 4.85. The van der Waals surface area contributed by atoms with Gasteiger partial charge in [-0.2, -0.15) is 0 Å². The molecule has 0 N–H and O–H groups in total. The average Bonchev–Trinajstić information content (AvgIpc) is 1.50. The van der Waals surface area contributed by atoms with Crippen LogP contribution in [0.15, 0.2) is 0 Å². The molecule has 0 aliphatic carbocycles. The van der Waals surface area contributed by atoms with Crippen molar-refractivity contribution in [2.24, 2.45) is 0 Å². The predicted molar refractivity (Wildman–Crippen MR) is 22.0 cm³/mol. The second-order valence-corrected chi connectivity index (χ2v) is 0. The Labute approximate surface area is 57.7 Å². The molecule has 0 radical (unpaired) electrons. The van der Waals surface area contributed by atoms with Crippen LogP contribution in [0.4, 0.5) is 0 Å². The van der Waals surface area contributed by atoms with Gasteiger partial charge < -0.3 is 0 Å². The molecule has 0 nitrogen and oxygen atoms in total. The van der Waals surface area contributed by atoms with Gasteiger partial charge in [0.25, 0.3) is 0 Å². The monoisotopic (exact) mass is 248 g/mol. The molecule has 4 heteroatoms. The summed E-state index contributed by atoms with van der Waals surface area (Å²) in [5, 5.41) is 0. The number of hydrogen-bond acceptors (Lipinski definition) is 1. The first kappa shape index (κ1) is 9.38. The number of hydrogen-bond donors (Lipinski definition) is 0. The van der Waals surface area contributed by atoms with E-state index in [9.17, 15) is 0 Å². The van der Waals surface area contributed by atoms with Gasteiger partial charge in [0.1, 0.15) is 0 Å². The zero-order chi connectivity index (χ0) is 4.00. The second kappa shape index (κ2) is 20.0. The minimum absolute atomic E-state index is 0.422. The van der Waals surface area contributed by atoms with Gasteiger partial charge in [-0.25, -0.2) is 0 Å². The van der Waals surface area contributed by atoms with Crippen molar-refractivity contribution in [2.45, 2.75) is 0 Å². The van der Waals surface area contributed by atoms with Crippen LogP contribution in [0.2, 0.25) is 0 Å². The molecule has 0 unspecified atom stereocenters. The molecule has 0 aromatic heterocycles. The molecular weight excluding hydrogens is 248 g/mol. The van der Waals surface area contributed by atoms with Crippen LogP contribution in [0.3, 0.4) is 0 Å². The molecule has 0 saturated heterocycles. The maximum atomic E-state index is 4.85. The van der Waals surface area contributed by atoms with E-state index < -0.39 is 0 Å². The van der Waals surface area contributed by atoms with Crippen molar-refractivity contribution in [2.75, 3.05) is 0 Å². The topological polar surface area (TPSA) is 0 Å². The van der Waals surface area contributed by atoms with E-state index in [1.807, 2.05) is 0 Å². The molecule has 0 rings (SSSR count). The van der Waals surface area contributed by atoms with Gasteiger partial charge in [-0.3, -0.25) is 0 Å². The number of rotatable bonds is 0. The molecule has 0 atom stereocenters. The second-order valence-electron chi connectivity index (χ2n) is 0. The van der Waals surface area contributed by atoms with Crippen molar-refractivity contribution >= 4 is 41.9 Å². The number of halogens is 1. The van der Waals surface area contributed by atoms with Crippen LogP contribution < -0.4 is 0 Å². The summed E-state index contributed by atoms with van der Waals surface area (Å²) >= 11 is 1.38. The normalized spacial score (nSPS) is 2.75. The summed E-state index contributed by atoms with van der Waals surface area (Å²) < 4.78 is 0. The average molecular weight is 250 g/mol. The van der Waals surface area contributed by atoms with Gasteiger partial charge in [0.15, 0.2) is 0 Å². The molecule has 0 spiro atoms. The summed E-state index contributed by atoms with van der Waals surface area (Å²) in [4.78, 5) is 0. The third kappa shape index (κ3) is 9.00. The zero-order valence-electron chi connectivity index (χ0n) is 2.49. The summed E-state index contributed by atoms with van der Waals surface area (Å²) in [6.45, 7) is 0. The fraction of sp³-hybridized carbons (Fsp3) is 0. The van der Waals surface area contributed by atoms with Gasteiger partial charge in [0.2, 0.25) is 0 Å². The van der Waals surface area contributed by atoms with E-state index in [2.05, 4.69) is 10.1 Å². The summed E-state index contributed by atoms with van der Waals surface area (Å²) in [5.74, 6) is 0. The fourth-order valence-electron chi connectivity index (χ4n) is 0. The Morgan fingerprint density at radius 2 is 1.50 bits per heavy atom. The molecule has 0 aromatic rings. The zero-order valence-corrected chi connectivity index (χ0v) is 12.7. The van der Waals surface area contributed by atoms with Crippen molar-refractivity contribution in [3.05, 3.63) is 0 Å². The van der Waals surface area contributed by atoms with E-state index in [0.717, 1.165) is 16.6 Å². The molecular formula is H2ClInSZn. The molecule has 0 aromatic carbocycles. The Morgan fingerprint density at radius 1 is 1.50 bits per heavy atom. The van der Waals surface area contributed by atoms with Crippen LogP contribution in [0.25, 0.3) is 0 Å². The van der Waals surface area contributed by atoms with Crippen LogP contribution >= 0.6 is 18.7 Å². The van der Waals surface area contributed by atoms with Crippen LogP contribution in [0, 0.1) is 0 Å². The standard InChI is InChI=1S/ClH.In.S.Zn.2H/h1H;;;;;/q;+1;;;;/p-1. The van der Waals surface area contributed by atoms with E-state index >= 15 is 0 Å². The molecule has 4 heavy (non-hydrogen) atoms.